The van der Waals surface area contributed by atoms with Gasteiger partial charge in [0.25, 0.3) is 0 Å². The lowest BCUT2D eigenvalue weighted by Gasteiger charge is -2.11. The minimum atomic E-state index is 0.151. The quantitative estimate of drug-likeness (QED) is 0.597. The maximum absolute atomic E-state index is 10.1. The van der Waals surface area contributed by atoms with Gasteiger partial charge in [0.05, 0.1) is 29.5 Å². The van der Waals surface area contributed by atoms with Gasteiger partial charge in [0.1, 0.15) is 11.6 Å². The summed E-state index contributed by atoms with van der Waals surface area (Å²) in [5.74, 6) is 1.31. The number of hydrogen-bond acceptors (Lipinski definition) is 6. The minimum Gasteiger partial charge on any atom is -0.507 e. The summed E-state index contributed by atoms with van der Waals surface area (Å²) in [7, 11) is 0. The zero-order valence-electron chi connectivity index (χ0n) is 13.3. The van der Waals surface area contributed by atoms with E-state index in [1.54, 1.807) is 36.8 Å². The molecule has 25 heavy (non-hydrogen) atoms. The van der Waals surface area contributed by atoms with Crippen LogP contribution in [0.25, 0.3) is 22.3 Å². The fourth-order valence-corrected chi connectivity index (χ4v) is 2.59. The van der Waals surface area contributed by atoms with Crippen LogP contribution >= 0.6 is 0 Å². The Morgan fingerprint density at radius 1 is 0.920 bits per heavy atom. The standard InChI is InChI=1S/C19H15N5O/c25-17-8-4-2-6-15(17)19-23-16-7-3-1-5-14(16)18(24-19)22-12-13-11-20-9-10-21-13/h1-11,25H,12H2,(H,22,23,24). The first-order chi connectivity index (χ1) is 12.3. The Kier molecular flexibility index (Phi) is 3.92. The van der Waals surface area contributed by atoms with Gasteiger partial charge in [0.15, 0.2) is 5.82 Å². The van der Waals surface area contributed by atoms with Gasteiger partial charge in [0, 0.05) is 17.8 Å². The molecule has 0 aliphatic rings. The van der Waals surface area contributed by atoms with E-state index >= 15 is 0 Å². The van der Waals surface area contributed by atoms with Gasteiger partial charge in [0.2, 0.25) is 0 Å². The second-order valence-electron chi connectivity index (χ2n) is 5.48. The summed E-state index contributed by atoms with van der Waals surface area (Å²) in [5.41, 5.74) is 2.21. The number of rotatable bonds is 4. The Bertz CT molecular complexity index is 1020. The molecule has 0 aliphatic carbocycles. The van der Waals surface area contributed by atoms with Crippen LogP contribution in [-0.4, -0.2) is 25.0 Å². The van der Waals surface area contributed by atoms with Gasteiger partial charge in [-0.3, -0.25) is 9.97 Å². The highest BCUT2D eigenvalue weighted by Gasteiger charge is 2.12. The lowest BCUT2D eigenvalue weighted by Crippen LogP contribution is -2.05. The zero-order chi connectivity index (χ0) is 17.1. The maximum atomic E-state index is 10.1. The zero-order valence-corrected chi connectivity index (χ0v) is 13.3. The van der Waals surface area contributed by atoms with Crippen LogP contribution in [0.3, 0.4) is 0 Å². The van der Waals surface area contributed by atoms with Crippen LogP contribution in [0.2, 0.25) is 0 Å². The first-order valence-electron chi connectivity index (χ1n) is 7.85. The van der Waals surface area contributed by atoms with E-state index in [1.165, 1.54) is 0 Å². The molecule has 0 saturated carbocycles. The van der Waals surface area contributed by atoms with Crippen molar-refractivity contribution in [2.75, 3.05) is 5.32 Å². The second-order valence-corrected chi connectivity index (χ2v) is 5.48. The van der Waals surface area contributed by atoms with Crippen molar-refractivity contribution in [2.45, 2.75) is 6.54 Å². The number of anilines is 1. The van der Waals surface area contributed by atoms with Gasteiger partial charge in [-0.1, -0.05) is 24.3 Å². The third-order valence-electron chi connectivity index (χ3n) is 3.80. The van der Waals surface area contributed by atoms with Gasteiger partial charge >= 0.3 is 0 Å². The number of phenols is 1. The fourth-order valence-electron chi connectivity index (χ4n) is 2.59. The van der Waals surface area contributed by atoms with Crippen LogP contribution in [-0.2, 0) is 6.54 Å². The van der Waals surface area contributed by atoms with Crippen molar-refractivity contribution in [3.63, 3.8) is 0 Å². The highest BCUT2D eigenvalue weighted by molar-refractivity contribution is 5.90. The van der Waals surface area contributed by atoms with Crippen LogP contribution in [0.1, 0.15) is 5.69 Å². The van der Waals surface area contributed by atoms with Crippen LogP contribution < -0.4 is 5.32 Å². The number of fused-ring (bicyclic) bond motifs is 1. The third kappa shape index (κ3) is 3.10. The molecule has 0 amide bonds. The van der Waals surface area contributed by atoms with Crippen LogP contribution in [0.4, 0.5) is 5.82 Å². The molecule has 122 valence electrons. The summed E-state index contributed by atoms with van der Waals surface area (Å²) in [4.78, 5) is 17.5. The van der Waals surface area contributed by atoms with E-state index in [0.29, 0.717) is 23.8 Å². The number of nitrogens with one attached hydrogen (secondary N) is 1. The molecule has 2 aromatic carbocycles. The van der Waals surface area contributed by atoms with E-state index in [4.69, 9.17) is 0 Å². The highest BCUT2D eigenvalue weighted by Crippen LogP contribution is 2.29. The summed E-state index contributed by atoms with van der Waals surface area (Å²) in [5, 5.41) is 14.3. The van der Waals surface area contributed by atoms with Gasteiger partial charge < -0.3 is 10.4 Å². The molecule has 2 aromatic heterocycles. The SMILES string of the molecule is Oc1ccccc1-c1nc(NCc2cnccn2)c2ccccc2n1. The number of hydrogen-bond donors (Lipinski definition) is 2. The normalized spacial score (nSPS) is 10.7. The monoisotopic (exact) mass is 329 g/mol. The molecule has 0 radical (unpaired) electrons. The molecule has 6 nitrogen and oxygen atoms in total. The molecule has 0 fully saturated rings. The Hall–Kier alpha value is -3.54. The number of para-hydroxylation sites is 2. The molecule has 0 atom stereocenters. The molecule has 0 bridgehead atoms. The summed E-state index contributed by atoms with van der Waals surface area (Å²) in [6, 6.07) is 14.8. The predicted octanol–water partition coefficient (Wildman–Crippen LogP) is 3.40. The lowest BCUT2D eigenvalue weighted by atomic mass is 10.1. The summed E-state index contributed by atoms with van der Waals surface area (Å²) >= 11 is 0. The number of benzene rings is 2. The topological polar surface area (TPSA) is 83.8 Å². The summed E-state index contributed by atoms with van der Waals surface area (Å²) in [6.07, 6.45) is 5.00. The fraction of sp³-hybridized carbons (Fsp3) is 0.0526. The Labute approximate surface area is 144 Å². The highest BCUT2D eigenvalue weighted by atomic mass is 16.3. The van der Waals surface area contributed by atoms with Crippen LogP contribution in [0, 0.1) is 0 Å². The number of aromatic hydroxyl groups is 1. The van der Waals surface area contributed by atoms with E-state index in [-0.39, 0.29) is 5.75 Å². The van der Waals surface area contributed by atoms with Crippen LogP contribution in [0.15, 0.2) is 67.1 Å². The van der Waals surface area contributed by atoms with Gasteiger partial charge in [-0.15, -0.1) is 0 Å². The minimum absolute atomic E-state index is 0.151. The van der Waals surface area contributed by atoms with E-state index in [9.17, 15) is 5.11 Å². The van der Waals surface area contributed by atoms with E-state index in [1.807, 2.05) is 30.3 Å². The molecular weight excluding hydrogens is 314 g/mol. The maximum Gasteiger partial charge on any atom is 0.165 e. The number of aromatic nitrogens is 4. The smallest absolute Gasteiger partial charge is 0.165 e. The first-order valence-corrected chi connectivity index (χ1v) is 7.85. The second kappa shape index (κ2) is 6.52. The molecule has 6 heteroatoms. The number of nitrogens with zero attached hydrogens (tertiary/aromatic N) is 4. The average molecular weight is 329 g/mol. The van der Waals surface area contributed by atoms with Crippen molar-refractivity contribution in [1.29, 1.82) is 0 Å². The van der Waals surface area contributed by atoms with Gasteiger partial charge in [-0.25, -0.2) is 9.97 Å². The van der Waals surface area contributed by atoms with E-state index in [2.05, 4.69) is 25.3 Å². The molecule has 0 unspecified atom stereocenters. The van der Waals surface area contributed by atoms with Crippen molar-refractivity contribution in [2.24, 2.45) is 0 Å². The molecule has 2 N–H and O–H groups in total. The third-order valence-corrected chi connectivity index (χ3v) is 3.80. The van der Waals surface area contributed by atoms with Crippen LogP contribution in [0.5, 0.6) is 5.75 Å². The van der Waals surface area contributed by atoms with E-state index in [0.717, 1.165) is 16.6 Å². The first kappa shape index (κ1) is 15.0. The van der Waals surface area contributed by atoms with E-state index < -0.39 is 0 Å². The molecule has 0 aliphatic heterocycles. The van der Waals surface area contributed by atoms with Gasteiger partial charge in [-0.2, -0.15) is 0 Å². The summed E-state index contributed by atoms with van der Waals surface area (Å²) in [6.45, 7) is 0.495. The number of phenolic OH excluding ortho intramolecular Hbond substituents is 1. The Morgan fingerprint density at radius 2 is 1.76 bits per heavy atom. The van der Waals surface area contributed by atoms with Crippen molar-refractivity contribution in [3.05, 3.63) is 72.8 Å². The van der Waals surface area contributed by atoms with Gasteiger partial charge in [-0.05, 0) is 24.3 Å². The molecule has 0 saturated heterocycles. The molecule has 0 spiro atoms. The summed E-state index contributed by atoms with van der Waals surface area (Å²) < 4.78 is 0. The Morgan fingerprint density at radius 3 is 2.60 bits per heavy atom. The average Bonchev–Trinajstić information content (AvgIpc) is 2.67. The van der Waals surface area contributed by atoms with Crippen molar-refractivity contribution >= 4 is 16.7 Å². The lowest BCUT2D eigenvalue weighted by molar-refractivity contribution is 0.477. The Balaban J connectivity index is 1.78. The van der Waals surface area contributed by atoms with Crippen molar-refractivity contribution in [1.82, 2.24) is 19.9 Å². The van der Waals surface area contributed by atoms with Crippen molar-refractivity contribution < 1.29 is 5.11 Å². The predicted molar refractivity (Wildman–Crippen MR) is 96.0 cm³/mol. The molecule has 4 aromatic rings. The molecule has 4 rings (SSSR count). The molecule has 2 heterocycles. The molecular formula is C19H15N5O. The largest absolute Gasteiger partial charge is 0.507 e. The van der Waals surface area contributed by atoms with Crippen molar-refractivity contribution in [3.8, 4) is 17.1 Å².